The van der Waals surface area contributed by atoms with Gasteiger partial charge < -0.3 is 9.84 Å². The molecule has 0 saturated heterocycles. The van der Waals surface area contributed by atoms with Gasteiger partial charge in [0, 0.05) is 16.4 Å². The van der Waals surface area contributed by atoms with E-state index in [1.54, 1.807) is 0 Å². The van der Waals surface area contributed by atoms with E-state index in [1.165, 1.54) is 97.4 Å². The van der Waals surface area contributed by atoms with Crippen LogP contribution in [0.3, 0.4) is 0 Å². The molecular weight excluding hydrogens is 440 g/mol. The summed E-state index contributed by atoms with van der Waals surface area (Å²) in [5, 5.41) is 13.6. The molecule has 3 aromatic carbocycles. The summed E-state index contributed by atoms with van der Waals surface area (Å²) in [6.45, 7) is 4.91. The van der Waals surface area contributed by atoms with Crippen molar-refractivity contribution < 1.29 is 9.84 Å². The molecule has 0 amide bonds. The summed E-state index contributed by atoms with van der Waals surface area (Å²) >= 11 is 0. The van der Waals surface area contributed by atoms with Crippen molar-refractivity contribution in [1.29, 1.82) is 0 Å². The normalized spacial score (nSPS) is 30.2. The molecule has 7 rings (SSSR count). The number of hydrogen-bond donors (Lipinski definition) is 1. The van der Waals surface area contributed by atoms with E-state index in [1.807, 2.05) is 7.11 Å². The van der Waals surface area contributed by atoms with Crippen molar-refractivity contribution in [3.63, 3.8) is 0 Å². The molecule has 0 radical (unpaired) electrons. The fraction of sp³-hybridized carbons (Fsp3) is 0.529. The summed E-state index contributed by atoms with van der Waals surface area (Å²) in [7, 11) is 1.81. The number of phenolic OH excluding ortho intramolecular Hbond substituents is 1. The van der Waals surface area contributed by atoms with Crippen LogP contribution in [0.5, 0.6) is 11.5 Å². The largest absolute Gasteiger partial charge is 0.507 e. The number of hydrogen-bond acceptors (Lipinski definition) is 2. The van der Waals surface area contributed by atoms with Gasteiger partial charge >= 0.3 is 0 Å². The molecule has 0 aromatic heterocycles. The van der Waals surface area contributed by atoms with Crippen LogP contribution in [0.4, 0.5) is 0 Å². The van der Waals surface area contributed by atoms with Crippen molar-refractivity contribution in [3.8, 4) is 22.6 Å². The van der Waals surface area contributed by atoms with Gasteiger partial charge in [-0.05, 0) is 114 Å². The smallest absolute Gasteiger partial charge is 0.123 e. The van der Waals surface area contributed by atoms with Crippen LogP contribution in [0.1, 0.15) is 94.7 Å². The highest BCUT2D eigenvalue weighted by Crippen LogP contribution is 2.61. The minimum atomic E-state index is 0.0536. The lowest BCUT2D eigenvalue weighted by Crippen LogP contribution is -2.42. The van der Waals surface area contributed by atoms with Crippen LogP contribution >= 0.6 is 0 Å². The standard InChI is InChI=1S/C34H40O2/c1-21-13-23-14-22(2)19-33(18-21,20-23)28-15-26-25(16-31(28)36-3)30(35)17-29-32(26)24-9-5-6-10-27(24)34(29)11-7-4-8-12-34/h5-6,9-10,15-17,21-23,35H,4,7-8,11-14,18-20H2,1-3H3. The molecule has 2 nitrogen and oxygen atoms in total. The van der Waals surface area contributed by atoms with Crippen LogP contribution in [0, 0.1) is 17.8 Å². The second-order valence-corrected chi connectivity index (χ2v) is 13.0. The molecule has 4 aliphatic carbocycles. The number of ether oxygens (including phenoxy) is 1. The van der Waals surface area contributed by atoms with E-state index in [4.69, 9.17) is 4.74 Å². The predicted molar refractivity (Wildman–Crippen MR) is 148 cm³/mol. The van der Waals surface area contributed by atoms with Crippen molar-refractivity contribution in [3.05, 3.63) is 59.2 Å². The first kappa shape index (κ1) is 22.7. The lowest BCUT2D eigenvalue weighted by atomic mass is 9.54. The molecular formula is C34H40O2. The zero-order chi connectivity index (χ0) is 24.7. The molecule has 1 N–H and O–H groups in total. The molecule has 2 atom stereocenters. The summed E-state index contributed by atoms with van der Waals surface area (Å²) in [4.78, 5) is 0. The highest BCUT2D eigenvalue weighted by molar-refractivity contribution is 6.06. The number of phenols is 1. The van der Waals surface area contributed by atoms with E-state index in [0.717, 1.165) is 28.9 Å². The van der Waals surface area contributed by atoms with Gasteiger partial charge in [-0.15, -0.1) is 0 Å². The topological polar surface area (TPSA) is 29.5 Å². The summed E-state index contributed by atoms with van der Waals surface area (Å²) < 4.78 is 6.11. The molecule has 3 aromatic rings. The summed E-state index contributed by atoms with van der Waals surface area (Å²) in [6.07, 6.45) is 12.7. The van der Waals surface area contributed by atoms with Crippen molar-refractivity contribution in [2.24, 2.45) is 17.8 Å². The highest BCUT2D eigenvalue weighted by atomic mass is 16.5. The van der Waals surface area contributed by atoms with Crippen molar-refractivity contribution in [1.82, 2.24) is 0 Å². The van der Waals surface area contributed by atoms with Crippen molar-refractivity contribution in [2.45, 2.75) is 88.9 Å². The molecule has 4 aliphatic rings. The van der Waals surface area contributed by atoms with Gasteiger partial charge in [-0.2, -0.15) is 0 Å². The number of methoxy groups -OCH3 is 1. The van der Waals surface area contributed by atoms with Gasteiger partial charge in [0.2, 0.25) is 0 Å². The van der Waals surface area contributed by atoms with Crippen LogP contribution in [-0.4, -0.2) is 12.2 Å². The Balaban J connectivity index is 1.52. The molecule has 2 unspecified atom stereocenters. The molecule has 36 heavy (non-hydrogen) atoms. The fourth-order valence-electron chi connectivity index (χ4n) is 9.67. The maximum Gasteiger partial charge on any atom is 0.123 e. The zero-order valence-electron chi connectivity index (χ0n) is 22.2. The van der Waals surface area contributed by atoms with E-state index in [-0.39, 0.29) is 10.8 Å². The van der Waals surface area contributed by atoms with Crippen molar-refractivity contribution in [2.75, 3.05) is 7.11 Å². The van der Waals surface area contributed by atoms with E-state index < -0.39 is 0 Å². The van der Waals surface area contributed by atoms with Crippen molar-refractivity contribution >= 4 is 10.8 Å². The molecule has 2 heteroatoms. The number of fused-ring (bicyclic) bond motifs is 9. The highest BCUT2D eigenvalue weighted by Gasteiger charge is 2.48. The third-order valence-corrected chi connectivity index (χ3v) is 10.6. The van der Waals surface area contributed by atoms with Gasteiger partial charge in [-0.3, -0.25) is 0 Å². The second-order valence-electron chi connectivity index (χ2n) is 13.0. The van der Waals surface area contributed by atoms with E-state index in [9.17, 15) is 5.11 Å². The molecule has 3 fully saturated rings. The Morgan fingerprint density at radius 1 is 0.806 bits per heavy atom. The Morgan fingerprint density at radius 2 is 1.53 bits per heavy atom. The summed E-state index contributed by atoms with van der Waals surface area (Å²) in [5.74, 6) is 3.70. The number of benzene rings is 3. The Bertz CT molecular complexity index is 1330. The lowest BCUT2D eigenvalue weighted by Gasteiger charge is -2.50. The first-order valence-electron chi connectivity index (χ1n) is 14.4. The zero-order valence-corrected chi connectivity index (χ0v) is 22.2. The molecule has 3 saturated carbocycles. The third-order valence-electron chi connectivity index (χ3n) is 10.6. The predicted octanol–water partition coefficient (Wildman–Crippen LogP) is 8.89. The molecule has 188 valence electrons. The summed E-state index contributed by atoms with van der Waals surface area (Å²) in [6, 6.07) is 15.9. The average molecular weight is 481 g/mol. The Labute approximate surface area is 216 Å². The summed E-state index contributed by atoms with van der Waals surface area (Å²) in [5.41, 5.74) is 7.25. The van der Waals surface area contributed by atoms with E-state index in [2.05, 4.69) is 56.3 Å². The Hall–Kier alpha value is -2.48. The fourth-order valence-corrected chi connectivity index (χ4v) is 9.67. The Kier molecular flexibility index (Phi) is 5.05. The van der Waals surface area contributed by atoms with E-state index >= 15 is 0 Å². The molecule has 0 aliphatic heterocycles. The van der Waals surface area contributed by atoms with Crippen LogP contribution in [0.2, 0.25) is 0 Å². The number of aromatic hydroxyl groups is 1. The van der Waals surface area contributed by atoms with Crippen LogP contribution < -0.4 is 4.74 Å². The van der Waals surface area contributed by atoms with E-state index in [0.29, 0.717) is 5.75 Å². The van der Waals surface area contributed by atoms with Crippen LogP contribution in [-0.2, 0) is 10.8 Å². The number of rotatable bonds is 2. The maximum absolute atomic E-state index is 11.5. The maximum atomic E-state index is 11.5. The molecule has 2 bridgehead atoms. The van der Waals surface area contributed by atoms with Gasteiger partial charge in [0.25, 0.3) is 0 Å². The quantitative estimate of drug-likeness (QED) is 0.397. The van der Waals surface area contributed by atoms with Gasteiger partial charge in [-0.1, -0.05) is 57.4 Å². The molecule has 1 spiro atoms. The monoisotopic (exact) mass is 480 g/mol. The minimum absolute atomic E-state index is 0.0536. The Morgan fingerprint density at radius 3 is 2.25 bits per heavy atom. The third kappa shape index (κ3) is 3.09. The second kappa shape index (κ2) is 8.01. The average Bonchev–Trinajstić information content (AvgIpc) is 3.12. The molecule has 0 heterocycles. The minimum Gasteiger partial charge on any atom is -0.507 e. The van der Waals surface area contributed by atoms with Crippen LogP contribution in [0.25, 0.3) is 21.9 Å². The lowest BCUT2D eigenvalue weighted by molar-refractivity contribution is 0.0763. The van der Waals surface area contributed by atoms with Gasteiger partial charge in [0.1, 0.15) is 11.5 Å². The van der Waals surface area contributed by atoms with Crippen LogP contribution in [0.15, 0.2) is 42.5 Å². The van der Waals surface area contributed by atoms with Gasteiger partial charge in [0.15, 0.2) is 0 Å². The van der Waals surface area contributed by atoms with Gasteiger partial charge in [0.05, 0.1) is 7.11 Å². The SMILES string of the molecule is COc1cc2c(O)cc3c(c2cc1C12CC(C)CC(CC(C)C1)C2)-c1ccccc1C31CCCCC1. The first-order chi connectivity index (χ1) is 17.4. The first-order valence-corrected chi connectivity index (χ1v) is 14.4. The van der Waals surface area contributed by atoms with Gasteiger partial charge in [-0.25, -0.2) is 0 Å².